The summed E-state index contributed by atoms with van der Waals surface area (Å²) < 4.78 is 69.8. The molecule has 92 heavy (non-hydrogen) atoms. The number of nitrogens with zero attached hydrogens (tertiary/aromatic N) is 3. The smallest absolute Gasteiger partial charge is 0.212 e. The van der Waals surface area contributed by atoms with Crippen LogP contribution in [0, 0.1) is 32.1 Å². The van der Waals surface area contributed by atoms with Gasteiger partial charge in [0.05, 0.1) is 16.7 Å². The zero-order chi connectivity index (χ0) is 67.4. The first kappa shape index (κ1) is 53.3. The Bertz CT molecular complexity index is 5620. The zero-order valence-corrected chi connectivity index (χ0v) is 54.6. The van der Waals surface area contributed by atoms with Gasteiger partial charge < -0.3 is 13.3 Å². The minimum absolute atomic E-state index is 0.0917. The van der Waals surface area contributed by atoms with Crippen LogP contribution in [0.2, 0.25) is 0 Å². The van der Waals surface area contributed by atoms with Gasteiger partial charge in [-0.2, -0.15) is 0 Å². The summed E-state index contributed by atoms with van der Waals surface area (Å²) in [7, 11) is 6.12. The summed E-state index contributed by atoms with van der Waals surface area (Å²) in [5.74, 6) is -0.353. The summed E-state index contributed by atoms with van der Waals surface area (Å²) >= 11 is 0. The van der Waals surface area contributed by atoms with Crippen molar-refractivity contribution < 1.29 is 33.8 Å². The summed E-state index contributed by atoms with van der Waals surface area (Å²) in [6.07, 6.45) is 12.9. The molecule has 6 heterocycles. The highest BCUT2D eigenvalue weighted by Crippen LogP contribution is 2.43. The Hall–Kier alpha value is -9.39. The van der Waals surface area contributed by atoms with Crippen molar-refractivity contribution in [1.29, 1.82) is 0 Å². The van der Waals surface area contributed by atoms with E-state index < -0.39 is 24.1 Å². The second-order valence-electron chi connectivity index (χ2n) is 27.0. The number of fused-ring (bicyclic) bond motifs is 15. The van der Waals surface area contributed by atoms with E-state index in [0.29, 0.717) is 5.56 Å². The normalized spacial score (nSPS) is 15.6. The molecule has 2 aliphatic rings. The number of rotatable bonds is 7. The lowest BCUT2D eigenvalue weighted by atomic mass is 9.85. The van der Waals surface area contributed by atoms with Crippen LogP contribution in [0.25, 0.3) is 132 Å². The SMILES string of the molecule is [2H]C([2H])(c1cc[n+](C)c(-c2ccc3c(oc4ccc5ccccc5c43)c2C)c1)C(C)(C)C.[2H]C([2H])(c1cc[n+](C)c(-c2ccc3c(oc4ccc5ccccc5c43)c2C)c1)C1CCCCC1.[2H]C1(c2cc[n+](C)c(-c3ccc4c(oc5ccc6ccccc6c54)c3C)c2)CCCC1. The van der Waals surface area contributed by atoms with Gasteiger partial charge >= 0.3 is 0 Å². The molecule has 0 atom stereocenters. The van der Waals surface area contributed by atoms with Gasteiger partial charge in [-0.15, -0.1) is 0 Å². The summed E-state index contributed by atoms with van der Waals surface area (Å²) in [6.45, 7) is 12.2. The minimum Gasteiger partial charge on any atom is -0.456 e. The van der Waals surface area contributed by atoms with Gasteiger partial charge in [-0.25, -0.2) is 13.7 Å². The van der Waals surface area contributed by atoms with Crippen molar-refractivity contribution in [3.05, 3.63) is 234 Å². The topological polar surface area (TPSA) is 51.1 Å². The molecule has 17 rings (SSSR count). The second kappa shape index (κ2) is 24.0. The molecular weight excluding hydrogens is 1120 g/mol. The van der Waals surface area contributed by atoms with Crippen molar-refractivity contribution in [2.75, 3.05) is 0 Å². The summed E-state index contributed by atoms with van der Waals surface area (Å²) in [5, 5.41) is 14.2. The Morgan fingerprint density at radius 3 is 1.23 bits per heavy atom. The van der Waals surface area contributed by atoms with Crippen LogP contribution in [0.3, 0.4) is 0 Å². The van der Waals surface area contributed by atoms with Crippen LogP contribution in [-0.4, -0.2) is 0 Å². The maximum Gasteiger partial charge on any atom is 0.212 e. The molecule has 0 aliphatic heterocycles. The van der Waals surface area contributed by atoms with Gasteiger partial charge in [0.2, 0.25) is 17.1 Å². The maximum absolute atomic E-state index is 8.96. The van der Waals surface area contributed by atoms with Crippen LogP contribution in [0.15, 0.2) is 214 Å². The number of aryl methyl sites for hydroxylation is 6. The fraction of sp³-hybridized carbons (Fsp3) is 0.267. The molecule has 0 N–H and O–H groups in total. The molecule has 6 heteroatoms. The van der Waals surface area contributed by atoms with Gasteiger partial charge in [-0.1, -0.05) is 157 Å². The average Bonchev–Trinajstić information content (AvgIpc) is 1.62. The molecule has 0 unspecified atom stereocenters. The summed E-state index contributed by atoms with van der Waals surface area (Å²) in [6, 6.07) is 63.2. The lowest BCUT2D eigenvalue weighted by molar-refractivity contribution is -0.660. The number of benzene rings is 9. The molecule has 9 aromatic carbocycles. The zero-order valence-electron chi connectivity index (χ0n) is 59.6. The van der Waals surface area contributed by atoms with Crippen molar-refractivity contribution >= 4 is 98.1 Å². The predicted molar refractivity (Wildman–Crippen MR) is 382 cm³/mol. The molecule has 15 aromatic rings. The van der Waals surface area contributed by atoms with Gasteiger partial charge in [0.15, 0.2) is 18.6 Å². The van der Waals surface area contributed by atoms with E-state index in [2.05, 4.69) is 212 Å². The van der Waals surface area contributed by atoms with Gasteiger partial charge in [-0.05, 0) is 167 Å². The van der Waals surface area contributed by atoms with Gasteiger partial charge in [0.25, 0.3) is 0 Å². The van der Waals surface area contributed by atoms with E-state index in [1.54, 1.807) is 0 Å². The molecule has 2 fully saturated rings. The third-order valence-corrected chi connectivity index (χ3v) is 19.7. The van der Waals surface area contributed by atoms with E-state index in [9.17, 15) is 0 Å². The number of hydrogen-bond donors (Lipinski definition) is 0. The highest BCUT2D eigenvalue weighted by molar-refractivity contribution is 6.22. The van der Waals surface area contributed by atoms with E-state index in [0.717, 1.165) is 162 Å². The highest BCUT2D eigenvalue weighted by atomic mass is 16.3. The molecule has 2 aliphatic carbocycles. The molecule has 0 spiro atoms. The molecule has 0 radical (unpaired) electrons. The van der Waals surface area contributed by atoms with Crippen LogP contribution in [0.1, 0.15) is 125 Å². The first-order valence-electron chi connectivity index (χ1n) is 35.6. The molecule has 2 saturated carbocycles. The largest absolute Gasteiger partial charge is 0.456 e. The minimum atomic E-state index is -1.45. The number of hydrogen-bond acceptors (Lipinski definition) is 3. The van der Waals surface area contributed by atoms with E-state index in [1.807, 2.05) is 65.5 Å². The first-order valence-corrected chi connectivity index (χ1v) is 33.1. The Labute approximate surface area is 547 Å². The van der Waals surface area contributed by atoms with Crippen LogP contribution in [0.4, 0.5) is 0 Å². The molecule has 6 nitrogen and oxygen atoms in total. The molecule has 0 saturated heterocycles. The highest BCUT2D eigenvalue weighted by Gasteiger charge is 2.26. The average molecular weight is 1210 g/mol. The van der Waals surface area contributed by atoms with E-state index in [1.165, 1.54) is 55.1 Å². The Morgan fingerprint density at radius 1 is 0.413 bits per heavy atom. The monoisotopic (exact) mass is 1210 g/mol. The maximum atomic E-state index is 8.96. The van der Waals surface area contributed by atoms with Gasteiger partial charge in [-0.3, -0.25) is 0 Å². The van der Waals surface area contributed by atoms with Crippen molar-refractivity contribution in [3.63, 3.8) is 0 Å². The third kappa shape index (κ3) is 10.9. The van der Waals surface area contributed by atoms with Crippen molar-refractivity contribution in [2.24, 2.45) is 32.5 Å². The number of pyridine rings is 3. The molecule has 458 valence electrons. The van der Waals surface area contributed by atoms with Crippen LogP contribution in [0.5, 0.6) is 0 Å². The summed E-state index contributed by atoms with van der Waals surface area (Å²) in [4.78, 5) is 0. The third-order valence-electron chi connectivity index (χ3n) is 19.7. The molecule has 0 amide bonds. The van der Waals surface area contributed by atoms with E-state index in [4.69, 9.17) is 20.1 Å². The Kier molecular flexibility index (Phi) is 13.9. The van der Waals surface area contributed by atoms with Crippen LogP contribution in [-0.2, 0) is 33.9 Å². The fourth-order valence-corrected chi connectivity index (χ4v) is 15.0. The Balaban J connectivity index is 0.000000119. The number of aromatic nitrogens is 3. The van der Waals surface area contributed by atoms with Crippen LogP contribution < -0.4 is 13.7 Å². The second-order valence-corrected chi connectivity index (χ2v) is 27.0. The van der Waals surface area contributed by atoms with Crippen molar-refractivity contribution in [1.82, 2.24) is 0 Å². The van der Waals surface area contributed by atoms with Crippen molar-refractivity contribution in [2.45, 2.75) is 118 Å². The van der Waals surface area contributed by atoms with E-state index in [-0.39, 0.29) is 5.92 Å². The van der Waals surface area contributed by atoms with E-state index >= 15 is 0 Å². The number of furan rings is 3. The lowest BCUT2D eigenvalue weighted by Crippen LogP contribution is -2.31. The predicted octanol–water partition coefficient (Wildman–Crippen LogP) is 22.0. The lowest BCUT2D eigenvalue weighted by Gasteiger charge is -2.21. The standard InChI is InChI=1S/C30H30NO.C28H26NO.C28H28NO/c1-20-24(27-19-22(16-17-31(27)2)18-21-8-4-3-5-9-21)13-14-26-29-25-11-7-6-10-23(25)12-15-28(29)32-30(20)26;1-18-22(25-17-21(15-16-29(25)2)19-7-3-4-8-19)12-13-24-27-23-10-6-5-9-20(23)11-14-26(27)30-28(18)24;1-18-21(24-16-19(14-15-29(24)5)17-28(2,3)4)11-12-23-26-22-9-7-6-8-20(22)10-13-25(26)30-27(18)23/h6-7,10-17,19,21H,3-5,8-9,18H2,1-2H3;5-6,9-17,19H,3-4,7-8H2,1-2H3;6-16H,17H2,1-5H3/q3*+1/i18D2;19D;17D2. The molecule has 6 aromatic heterocycles. The quantitative estimate of drug-likeness (QED) is 0.149. The van der Waals surface area contributed by atoms with Crippen molar-refractivity contribution in [3.8, 4) is 33.8 Å². The Morgan fingerprint density at radius 2 is 0.793 bits per heavy atom. The van der Waals surface area contributed by atoms with Crippen LogP contribution >= 0.6 is 0 Å². The van der Waals surface area contributed by atoms with Gasteiger partial charge in [0, 0.05) is 92.3 Å². The summed E-state index contributed by atoms with van der Waals surface area (Å²) in [5.41, 5.74) is 17.3. The fourth-order valence-electron chi connectivity index (χ4n) is 15.0. The molecule has 0 bridgehead atoms. The first-order chi connectivity index (χ1) is 46.6. The molecular formula is C86H84N3O3+3. The van der Waals surface area contributed by atoms with Gasteiger partial charge in [0.1, 0.15) is 54.6 Å².